The summed E-state index contributed by atoms with van der Waals surface area (Å²) in [4.78, 5) is 7.75. The van der Waals surface area contributed by atoms with E-state index in [0.29, 0.717) is 10.8 Å². The van der Waals surface area contributed by atoms with Crippen LogP contribution in [0.3, 0.4) is 0 Å². The zero-order valence-corrected chi connectivity index (χ0v) is 11.1. The van der Waals surface area contributed by atoms with Crippen LogP contribution in [0.2, 0.25) is 5.15 Å². The van der Waals surface area contributed by atoms with Crippen LogP contribution < -0.4 is 10.6 Å². The van der Waals surface area contributed by atoms with Gasteiger partial charge < -0.3 is 10.6 Å². The molecule has 17 heavy (non-hydrogen) atoms. The molecule has 3 nitrogen and oxygen atoms in total. The largest absolute Gasteiger partial charge is 0.399 e. The number of aromatic nitrogens is 1. The van der Waals surface area contributed by atoms with E-state index in [0.717, 1.165) is 18.9 Å². The predicted molar refractivity (Wildman–Crippen MR) is 74.7 cm³/mol. The highest BCUT2D eigenvalue weighted by Crippen LogP contribution is 2.22. The number of anilines is 2. The molecule has 90 valence electrons. The molecule has 0 bridgehead atoms. The highest BCUT2D eigenvalue weighted by molar-refractivity contribution is 7.09. The Morgan fingerprint density at radius 3 is 2.88 bits per heavy atom. The van der Waals surface area contributed by atoms with Crippen LogP contribution in [0, 0.1) is 0 Å². The van der Waals surface area contributed by atoms with E-state index in [2.05, 4.69) is 28.3 Å². The molecule has 0 unspecified atom stereocenters. The summed E-state index contributed by atoms with van der Waals surface area (Å²) in [7, 11) is 0. The molecule has 5 heteroatoms. The summed E-state index contributed by atoms with van der Waals surface area (Å²) in [6.45, 7) is 3.79. The number of nitrogen functional groups attached to an aromatic ring is 1. The van der Waals surface area contributed by atoms with Crippen LogP contribution in [0.15, 0.2) is 29.6 Å². The first-order valence-electron chi connectivity index (χ1n) is 5.39. The molecule has 2 heterocycles. The first kappa shape index (κ1) is 12.2. The number of hydrogen-bond donors (Lipinski definition) is 1. The summed E-state index contributed by atoms with van der Waals surface area (Å²) in [5, 5.41) is 2.51. The van der Waals surface area contributed by atoms with E-state index in [4.69, 9.17) is 17.3 Å². The van der Waals surface area contributed by atoms with Gasteiger partial charge in [-0.25, -0.2) is 4.98 Å². The minimum absolute atomic E-state index is 0.435. The third-order valence-corrected chi connectivity index (χ3v) is 3.49. The number of nitrogens with two attached hydrogens (primary N) is 1. The van der Waals surface area contributed by atoms with Gasteiger partial charge in [-0.1, -0.05) is 17.7 Å². The molecule has 0 aliphatic rings. The molecule has 0 aliphatic heterocycles. The molecule has 0 saturated heterocycles. The summed E-state index contributed by atoms with van der Waals surface area (Å²) < 4.78 is 0. The molecule has 0 aliphatic carbocycles. The Morgan fingerprint density at radius 1 is 1.47 bits per heavy atom. The quantitative estimate of drug-likeness (QED) is 0.864. The van der Waals surface area contributed by atoms with Crippen molar-refractivity contribution < 1.29 is 0 Å². The van der Waals surface area contributed by atoms with Crippen molar-refractivity contribution in [2.24, 2.45) is 0 Å². The molecular formula is C12H14ClN3S. The lowest BCUT2D eigenvalue weighted by Gasteiger charge is -2.21. The smallest absolute Gasteiger partial charge is 0.133 e. The van der Waals surface area contributed by atoms with Crippen LogP contribution in [0.1, 0.15) is 11.8 Å². The van der Waals surface area contributed by atoms with Gasteiger partial charge in [-0.3, -0.25) is 0 Å². The summed E-state index contributed by atoms with van der Waals surface area (Å²) in [6, 6.07) is 7.67. The third kappa shape index (κ3) is 3.11. The van der Waals surface area contributed by atoms with Gasteiger partial charge in [0.1, 0.15) is 11.0 Å². The molecule has 2 N–H and O–H groups in total. The molecule has 2 aromatic heterocycles. The Labute approximate surface area is 110 Å². The zero-order valence-electron chi connectivity index (χ0n) is 9.56. The second-order valence-electron chi connectivity index (χ2n) is 3.67. The van der Waals surface area contributed by atoms with Crippen LogP contribution in [-0.4, -0.2) is 11.5 Å². The number of nitrogens with zero attached hydrogens (tertiary/aromatic N) is 2. The Balaban J connectivity index is 2.22. The summed E-state index contributed by atoms with van der Waals surface area (Å²) in [6.07, 6.45) is 0. The number of rotatable bonds is 4. The van der Waals surface area contributed by atoms with Crippen LogP contribution in [-0.2, 0) is 6.54 Å². The van der Waals surface area contributed by atoms with Crippen LogP contribution in [0.4, 0.5) is 11.5 Å². The highest BCUT2D eigenvalue weighted by atomic mass is 35.5. The molecule has 0 fully saturated rings. The molecule has 0 spiro atoms. The van der Waals surface area contributed by atoms with Gasteiger partial charge >= 0.3 is 0 Å². The average molecular weight is 268 g/mol. The van der Waals surface area contributed by atoms with Crippen LogP contribution in [0.25, 0.3) is 0 Å². The van der Waals surface area contributed by atoms with Crippen LogP contribution >= 0.6 is 22.9 Å². The number of pyridine rings is 1. The van der Waals surface area contributed by atoms with Crippen molar-refractivity contribution in [3.8, 4) is 0 Å². The van der Waals surface area contributed by atoms with Gasteiger partial charge in [0.25, 0.3) is 0 Å². The summed E-state index contributed by atoms with van der Waals surface area (Å²) >= 11 is 7.65. The molecule has 0 saturated carbocycles. The zero-order chi connectivity index (χ0) is 12.3. The fourth-order valence-electron chi connectivity index (χ4n) is 1.61. The molecule has 2 rings (SSSR count). The number of thiophene rings is 1. The van der Waals surface area contributed by atoms with Gasteiger partial charge in [0.05, 0.1) is 6.54 Å². The van der Waals surface area contributed by atoms with Crippen molar-refractivity contribution in [2.45, 2.75) is 13.5 Å². The van der Waals surface area contributed by atoms with Crippen molar-refractivity contribution >= 4 is 34.4 Å². The average Bonchev–Trinajstić information content (AvgIpc) is 2.77. The third-order valence-electron chi connectivity index (χ3n) is 2.44. The van der Waals surface area contributed by atoms with Gasteiger partial charge in [-0.2, -0.15) is 0 Å². The number of halogens is 1. The first-order valence-corrected chi connectivity index (χ1v) is 6.65. The highest BCUT2D eigenvalue weighted by Gasteiger charge is 2.09. The second-order valence-corrected chi connectivity index (χ2v) is 5.09. The Hall–Kier alpha value is -1.26. The van der Waals surface area contributed by atoms with Crippen molar-refractivity contribution in [1.29, 1.82) is 0 Å². The van der Waals surface area contributed by atoms with E-state index in [1.165, 1.54) is 4.88 Å². The molecule has 0 atom stereocenters. The standard InChI is InChI=1S/C12H14ClN3S/c1-2-16(8-10-4-3-5-17-10)12-7-9(14)6-11(13)15-12/h3-7H,2,8H2,1H3,(H2,14,15). The van der Waals surface area contributed by atoms with Crippen molar-refractivity contribution in [1.82, 2.24) is 4.98 Å². The van der Waals surface area contributed by atoms with E-state index in [-0.39, 0.29) is 0 Å². The van der Waals surface area contributed by atoms with E-state index < -0.39 is 0 Å². The van der Waals surface area contributed by atoms with Crippen molar-refractivity contribution in [3.63, 3.8) is 0 Å². The predicted octanol–water partition coefficient (Wildman–Crippen LogP) is 3.41. The van der Waals surface area contributed by atoms with Crippen molar-refractivity contribution in [2.75, 3.05) is 17.2 Å². The van der Waals surface area contributed by atoms with E-state index in [1.807, 2.05) is 12.1 Å². The minimum atomic E-state index is 0.435. The fraction of sp³-hybridized carbons (Fsp3) is 0.250. The van der Waals surface area contributed by atoms with E-state index in [1.54, 1.807) is 17.4 Å². The van der Waals surface area contributed by atoms with Crippen LogP contribution in [0.5, 0.6) is 0 Å². The Morgan fingerprint density at radius 2 is 2.29 bits per heavy atom. The summed E-state index contributed by atoms with van der Waals surface area (Å²) in [5.41, 5.74) is 6.42. The molecule has 0 aromatic carbocycles. The maximum atomic E-state index is 5.92. The van der Waals surface area contributed by atoms with E-state index in [9.17, 15) is 0 Å². The van der Waals surface area contributed by atoms with E-state index >= 15 is 0 Å². The maximum Gasteiger partial charge on any atom is 0.133 e. The molecular weight excluding hydrogens is 254 g/mol. The lowest BCUT2D eigenvalue weighted by molar-refractivity contribution is 0.824. The Kier molecular flexibility index (Phi) is 3.86. The first-order chi connectivity index (χ1) is 8.19. The van der Waals surface area contributed by atoms with Gasteiger partial charge in [0.15, 0.2) is 0 Å². The fourth-order valence-corrected chi connectivity index (χ4v) is 2.54. The SMILES string of the molecule is CCN(Cc1cccs1)c1cc(N)cc(Cl)n1. The van der Waals surface area contributed by atoms with Gasteiger partial charge in [-0.05, 0) is 24.4 Å². The van der Waals surface area contributed by atoms with Gasteiger partial charge in [-0.15, -0.1) is 11.3 Å². The van der Waals surface area contributed by atoms with Gasteiger partial charge in [0.2, 0.25) is 0 Å². The lowest BCUT2D eigenvalue weighted by atomic mass is 10.3. The maximum absolute atomic E-state index is 5.92. The lowest BCUT2D eigenvalue weighted by Crippen LogP contribution is -2.22. The summed E-state index contributed by atoms with van der Waals surface area (Å²) in [5.74, 6) is 0.825. The monoisotopic (exact) mass is 267 g/mol. The second kappa shape index (κ2) is 5.38. The molecule has 0 radical (unpaired) electrons. The Bertz CT molecular complexity index is 464. The number of hydrogen-bond acceptors (Lipinski definition) is 4. The minimum Gasteiger partial charge on any atom is -0.399 e. The normalized spacial score (nSPS) is 10.5. The van der Waals surface area contributed by atoms with Gasteiger partial charge in [0, 0.05) is 23.2 Å². The topological polar surface area (TPSA) is 42.1 Å². The molecule has 2 aromatic rings. The molecule has 0 amide bonds. The van der Waals surface area contributed by atoms with Crippen molar-refractivity contribution in [3.05, 3.63) is 39.7 Å².